The van der Waals surface area contributed by atoms with Crippen LogP contribution in [0, 0.1) is 0 Å². The summed E-state index contributed by atoms with van der Waals surface area (Å²) < 4.78 is 5.68. The largest absolute Gasteiger partial charge is 0.451 e. The number of halogens is 2. The Morgan fingerprint density at radius 3 is 2.47 bits per heavy atom. The number of furan rings is 1. The van der Waals surface area contributed by atoms with Crippen molar-refractivity contribution in [3.63, 3.8) is 0 Å². The molecule has 0 radical (unpaired) electrons. The van der Waals surface area contributed by atoms with Gasteiger partial charge in [0.15, 0.2) is 10.9 Å². The average Bonchev–Trinajstić information content (AvgIpc) is 3.31. The molecule has 34 heavy (non-hydrogen) atoms. The number of thiocarbonyl (C=S) groups is 1. The maximum atomic E-state index is 12.7. The van der Waals surface area contributed by atoms with Gasteiger partial charge in [0.05, 0.1) is 16.4 Å². The lowest BCUT2D eigenvalue weighted by Gasteiger charge is -2.36. The summed E-state index contributed by atoms with van der Waals surface area (Å²) in [6.07, 6.45) is 0. The number of anilines is 2. The van der Waals surface area contributed by atoms with Crippen molar-refractivity contribution >= 4 is 63.7 Å². The summed E-state index contributed by atoms with van der Waals surface area (Å²) in [4.78, 5) is 28.3. The van der Waals surface area contributed by atoms with Gasteiger partial charge in [0.1, 0.15) is 5.76 Å². The average molecular weight is 517 g/mol. The highest BCUT2D eigenvalue weighted by atomic mass is 35.5. The Morgan fingerprint density at radius 1 is 1.00 bits per heavy atom. The molecule has 2 aromatic carbocycles. The summed E-state index contributed by atoms with van der Waals surface area (Å²) in [5.41, 5.74) is 2.29. The van der Waals surface area contributed by atoms with Crippen molar-refractivity contribution in [3.05, 3.63) is 70.4 Å². The van der Waals surface area contributed by atoms with Gasteiger partial charge in [-0.3, -0.25) is 14.9 Å². The van der Waals surface area contributed by atoms with Gasteiger partial charge in [-0.2, -0.15) is 0 Å². The molecule has 2 heterocycles. The van der Waals surface area contributed by atoms with Crippen molar-refractivity contribution < 1.29 is 14.0 Å². The molecule has 7 nitrogen and oxygen atoms in total. The third-order valence-electron chi connectivity index (χ3n) is 5.47. The van der Waals surface area contributed by atoms with E-state index in [1.807, 2.05) is 29.2 Å². The molecular formula is C24H22Cl2N4O3S. The molecule has 2 N–H and O–H groups in total. The van der Waals surface area contributed by atoms with Crippen molar-refractivity contribution in [2.75, 3.05) is 36.4 Å². The van der Waals surface area contributed by atoms with Crippen molar-refractivity contribution in [3.8, 4) is 11.3 Å². The van der Waals surface area contributed by atoms with Gasteiger partial charge in [-0.15, -0.1) is 0 Å². The van der Waals surface area contributed by atoms with Gasteiger partial charge in [0.25, 0.3) is 5.91 Å². The number of hydrogen-bond donors (Lipinski definition) is 2. The molecule has 0 saturated carbocycles. The maximum Gasteiger partial charge on any atom is 0.293 e. The Bertz CT molecular complexity index is 1240. The van der Waals surface area contributed by atoms with E-state index in [9.17, 15) is 9.59 Å². The monoisotopic (exact) mass is 516 g/mol. The van der Waals surface area contributed by atoms with Gasteiger partial charge in [-0.1, -0.05) is 35.3 Å². The fraction of sp³-hybridized carbons (Fsp3) is 0.208. The van der Waals surface area contributed by atoms with E-state index >= 15 is 0 Å². The maximum absolute atomic E-state index is 12.7. The molecule has 2 amide bonds. The number of para-hydroxylation sites is 2. The Kier molecular flexibility index (Phi) is 7.41. The smallest absolute Gasteiger partial charge is 0.293 e. The summed E-state index contributed by atoms with van der Waals surface area (Å²) in [6, 6.07) is 15.9. The number of hydrogen-bond acceptors (Lipinski definition) is 5. The van der Waals surface area contributed by atoms with Crippen LogP contribution in [0.15, 0.2) is 59.0 Å². The second-order valence-electron chi connectivity index (χ2n) is 7.71. The van der Waals surface area contributed by atoms with E-state index in [0.717, 1.165) is 11.4 Å². The van der Waals surface area contributed by atoms with E-state index in [1.54, 1.807) is 37.3 Å². The molecule has 1 saturated heterocycles. The number of nitrogens with one attached hydrogen (secondary N) is 2. The summed E-state index contributed by atoms with van der Waals surface area (Å²) in [5, 5.41) is 6.85. The van der Waals surface area contributed by atoms with Gasteiger partial charge in [0.2, 0.25) is 5.91 Å². The van der Waals surface area contributed by atoms with Crippen LogP contribution >= 0.6 is 35.4 Å². The normalized spacial score (nSPS) is 13.5. The molecule has 0 atom stereocenters. The van der Waals surface area contributed by atoms with Crippen LogP contribution in [0.4, 0.5) is 11.4 Å². The highest BCUT2D eigenvalue weighted by Crippen LogP contribution is 2.32. The predicted molar refractivity (Wildman–Crippen MR) is 139 cm³/mol. The van der Waals surface area contributed by atoms with Crippen LogP contribution < -0.4 is 15.5 Å². The Hall–Kier alpha value is -3.07. The third-order valence-corrected chi connectivity index (χ3v) is 6.24. The second kappa shape index (κ2) is 10.5. The quantitative estimate of drug-likeness (QED) is 0.472. The molecule has 1 aliphatic rings. The first-order valence-corrected chi connectivity index (χ1v) is 11.8. The minimum atomic E-state index is -0.491. The number of benzene rings is 2. The Morgan fingerprint density at radius 2 is 1.74 bits per heavy atom. The zero-order valence-electron chi connectivity index (χ0n) is 18.3. The van der Waals surface area contributed by atoms with E-state index in [1.165, 1.54) is 0 Å². The van der Waals surface area contributed by atoms with Crippen LogP contribution in [-0.4, -0.2) is 48.0 Å². The molecule has 10 heteroatoms. The summed E-state index contributed by atoms with van der Waals surface area (Å²) in [6.45, 7) is 4.31. The number of nitrogens with zero attached hydrogens (tertiary/aromatic N) is 2. The first-order chi connectivity index (χ1) is 16.3. The van der Waals surface area contributed by atoms with E-state index in [-0.39, 0.29) is 16.8 Å². The molecule has 1 aliphatic heterocycles. The Labute approximate surface area is 212 Å². The topological polar surface area (TPSA) is 77.8 Å². The number of amides is 2. The summed E-state index contributed by atoms with van der Waals surface area (Å²) >= 11 is 17.6. The van der Waals surface area contributed by atoms with Crippen LogP contribution in [0.3, 0.4) is 0 Å². The highest BCUT2D eigenvalue weighted by Gasteiger charge is 2.21. The summed E-state index contributed by atoms with van der Waals surface area (Å²) in [5.74, 6) is 0.0959. The fourth-order valence-electron chi connectivity index (χ4n) is 3.73. The first-order valence-electron chi connectivity index (χ1n) is 10.6. The highest BCUT2D eigenvalue weighted by molar-refractivity contribution is 7.80. The molecule has 0 aliphatic carbocycles. The lowest BCUT2D eigenvalue weighted by Crippen LogP contribution is -2.48. The lowest BCUT2D eigenvalue weighted by atomic mass is 10.2. The van der Waals surface area contributed by atoms with E-state index in [0.29, 0.717) is 47.5 Å². The fourth-order valence-corrected chi connectivity index (χ4v) is 4.31. The predicted octanol–water partition coefficient (Wildman–Crippen LogP) is 5.05. The van der Waals surface area contributed by atoms with Crippen molar-refractivity contribution in [1.82, 2.24) is 10.2 Å². The van der Waals surface area contributed by atoms with Crippen LogP contribution in [0.2, 0.25) is 10.0 Å². The molecule has 3 aromatic rings. The number of carbonyl (C=O) groups is 2. The molecule has 1 aromatic heterocycles. The third kappa shape index (κ3) is 5.52. The molecule has 0 spiro atoms. The zero-order valence-corrected chi connectivity index (χ0v) is 20.6. The van der Waals surface area contributed by atoms with Gasteiger partial charge >= 0.3 is 0 Å². The van der Waals surface area contributed by atoms with Gasteiger partial charge in [-0.05, 0) is 54.7 Å². The van der Waals surface area contributed by atoms with Crippen LogP contribution in [-0.2, 0) is 4.79 Å². The molecule has 0 bridgehead atoms. The van der Waals surface area contributed by atoms with Crippen molar-refractivity contribution in [2.24, 2.45) is 0 Å². The Balaban J connectivity index is 1.41. The van der Waals surface area contributed by atoms with Gasteiger partial charge in [0, 0.05) is 43.7 Å². The standard InChI is InChI=1S/C24H22Cl2N4O3S/c1-15(31)29-10-12-30(13-11-29)20-5-3-2-4-19(20)27-24(34)28-23(32)22-9-8-21(33-22)17-14-16(25)6-7-18(17)26/h2-9,14H,10-13H2,1H3,(H2,27,28,32,34). The van der Waals surface area contributed by atoms with Crippen molar-refractivity contribution in [1.29, 1.82) is 0 Å². The van der Waals surface area contributed by atoms with E-state index < -0.39 is 5.91 Å². The molecule has 4 rings (SSSR count). The molecular weight excluding hydrogens is 495 g/mol. The molecule has 0 unspecified atom stereocenters. The number of rotatable bonds is 4. The van der Waals surface area contributed by atoms with E-state index in [4.69, 9.17) is 39.8 Å². The van der Waals surface area contributed by atoms with Gasteiger partial charge in [-0.25, -0.2) is 0 Å². The van der Waals surface area contributed by atoms with Crippen molar-refractivity contribution in [2.45, 2.75) is 6.92 Å². The minimum Gasteiger partial charge on any atom is -0.451 e. The van der Waals surface area contributed by atoms with Gasteiger partial charge < -0.3 is 19.5 Å². The number of carbonyl (C=O) groups excluding carboxylic acids is 2. The molecule has 176 valence electrons. The summed E-state index contributed by atoms with van der Waals surface area (Å²) in [7, 11) is 0. The lowest BCUT2D eigenvalue weighted by molar-refractivity contribution is -0.129. The van der Waals surface area contributed by atoms with E-state index in [2.05, 4.69) is 15.5 Å². The number of piperazine rings is 1. The SMILES string of the molecule is CC(=O)N1CCN(c2ccccc2NC(=S)NC(=O)c2ccc(-c3cc(Cl)ccc3Cl)o2)CC1. The van der Waals surface area contributed by atoms with Crippen LogP contribution in [0.5, 0.6) is 0 Å². The van der Waals surface area contributed by atoms with Crippen LogP contribution in [0.25, 0.3) is 11.3 Å². The first kappa shape index (κ1) is 24.1. The second-order valence-corrected chi connectivity index (χ2v) is 8.96. The molecule has 1 fully saturated rings. The minimum absolute atomic E-state index is 0.0775. The zero-order chi connectivity index (χ0) is 24.2. The van der Waals surface area contributed by atoms with Crippen LogP contribution in [0.1, 0.15) is 17.5 Å².